The number of carbonyl (C=O) groups excluding carboxylic acids is 1. The Bertz CT molecular complexity index is 1320. The summed E-state index contributed by atoms with van der Waals surface area (Å²) in [4.78, 5) is 12.9. The van der Waals surface area contributed by atoms with Gasteiger partial charge in [-0.25, -0.2) is 14.4 Å². The number of hydrogen-bond donors (Lipinski definition) is 2. The molecule has 0 fully saturated rings. The highest BCUT2D eigenvalue weighted by molar-refractivity contribution is 6.33. The van der Waals surface area contributed by atoms with E-state index in [1.165, 1.54) is 22.9 Å². The minimum atomic E-state index is -0.716. The number of benzene rings is 2. The molecular weight excluding hydrogens is 467 g/mol. The first kappa shape index (κ1) is 22.9. The number of aromatic nitrogens is 5. The third kappa shape index (κ3) is 4.71. The van der Waals surface area contributed by atoms with Crippen molar-refractivity contribution < 1.29 is 18.6 Å². The fourth-order valence-electron chi connectivity index (χ4n) is 2.95. The number of carbonyl (C=O) groups is 1. The minimum Gasteiger partial charge on any atom is -0.494 e. The van der Waals surface area contributed by atoms with Crippen LogP contribution in [0.5, 0.6) is 5.75 Å². The second-order valence-electron chi connectivity index (χ2n) is 6.88. The molecule has 34 heavy (non-hydrogen) atoms. The quantitative estimate of drug-likeness (QED) is 0.286. The highest BCUT2D eigenvalue weighted by Gasteiger charge is 2.25. The largest absolute Gasteiger partial charge is 0.494 e. The van der Waals surface area contributed by atoms with Gasteiger partial charge in [0.15, 0.2) is 5.69 Å². The number of nitrogens with two attached hydrogens (primary N) is 1. The third-order valence-electron chi connectivity index (χ3n) is 4.54. The van der Waals surface area contributed by atoms with Gasteiger partial charge in [-0.3, -0.25) is 4.79 Å². The van der Waals surface area contributed by atoms with E-state index >= 15 is 0 Å². The van der Waals surface area contributed by atoms with Gasteiger partial charge in [0.1, 0.15) is 17.3 Å². The van der Waals surface area contributed by atoms with Crippen molar-refractivity contribution in [2.24, 2.45) is 5.10 Å². The molecule has 3 N–H and O–H groups in total. The van der Waals surface area contributed by atoms with E-state index in [0.29, 0.717) is 17.9 Å². The summed E-state index contributed by atoms with van der Waals surface area (Å²) in [7, 11) is 0. The van der Waals surface area contributed by atoms with E-state index in [9.17, 15) is 9.18 Å². The minimum absolute atomic E-state index is 0.0254. The molecule has 0 bridgehead atoms. The van der Waals surface area contributed by atoms with Crippen LogP contribution in [0.4, 0.5) is 10.2 Å². The molecule has 13 heteroatoms. The molecule has 0 aliphatic carbocycles. The first-order valence-electron chi connectivity index (χ1n) is 10.0. The summed E-state index contributed by atoms with van der Waals surface area (Å²) in [5.41, 5.74) is 8.85. The van der Waals surface area contributed by atoms with Crippen molar-refractivity contribution in [3.05, 3.63) is 64.6 Å². The van der Waals surface area contributed by atoms with Crippen LogP contribution in [0.2, 0.25) is 5.02 Å². The van der Waals surface area contributed by atoms with Gasteiger partial charge in [-0.1, -0.05) is 29.8 Å². The van der Waals surface area contributed by atoms with Crippen LogP contribution >= 0.6 is 11.6 Å². The summed E-state index contributed by atoms with van der Waals surface area (Å²) < 4.78 is 25.4. The molecule has 0 saturated carbocycles. The lowest BCUT2D eigenvalue weighted by Gasteiger charge is -2.08. The summed E-state index contributed by atoms with van der Waals surface area (Å²) >= 11 is 5.97. The molecule has 2 aromatic heterocycles. The van der Waals surface area contributed by atoms with Crippen LogP contribution in [0.15, 0.2) is 52.2 Å². The zero-order valence-electron chi connectivity index (χ0n) is 17.8. The van der Waals surface area contributed by atoms with Crippen molar-refractivity contribution in [2.45, 2.75) is 13.3 Å². The number of rotatable bonds is 8. The van der Waals surface area contributed by atoms with E-state index in [-0.39, 0.29) is 33.6 Å². The van der Waals surface area contributed by atoms with Gasteiger partial charge in [0.2, 0.25) is 11.6 Å². The van der Waals surface area contributed by atoms with Crippen LogP contribution < -0.4 is 15.9 Å². The van der Waals surface area contributed by atoms with Crippen molar-refractivity contribution >= 4 is 29.5 Å². The predicted molar refractivity (Wildman–Crippen MR) is 121 cm³/mol. The molecule has 4 aromatic rings. The first-order valence-corrected chi connectivity index (χ1v) is 10.4. The van der Waals surface area contributed by atoms with Gasteiger partial charge in [0.05, 0.1) is 17.8 Å². The molecule has 2 heterocycles. The summed E-state index contributed by atoms with van der Waals surface area (Å²) in [6.07, 6.45) is 1.96. The number of nitrogens with zero attached hydrogens (tertiary/aromatic N) is 6. The molecule has 0 unspecified atom stereocenters. The maximum absolute atomic E-state index is 13.9. The molecule has 11 nitrogen and oxygen atoms in total. The Morgan fingerprint density at radius 2 is 2.09 bits per heavy atom. The van der Waals surface area contributed by atoms with Crippen molar-refractivity contribution in [1.29, 1.82) is 0 Å². The highest BCUT2D eigenvalue weighted by atomic mass is 35.5. The monoisotopic (exact) mass is 484 g/mol. The van der Waals surface area contributed by atoms with Crippen molar-refractivity contribution in [1.82, 2.24) is 30.7 Å². The molecule has 0 aliphatic heterocycles. The molecule has 174 valence electrons. The number of halogens is 2. The smallest absolute Gasteiger partial charge is 0.294 e. The highest BCUT2D eigenvalue weighted by Crippen LogP contribution is 2.28. The van der Waals surface area contributed by atoms with E-state index in [1.54, 1.807) is 24.3 Å². The Kier molecular flexibility index (Phi) is 6.78. The fraction of sp³-hybridized carbons (Fsp3) is 0.143. The number of ether oxygens (including phenoxy) is 1. The molecule has 2 aromatic carbocycles. The Morgan fingerprint density at radius 1 is 1.29 bits per heavy atom. The predicted octanol–water partition coefficient (Wildman–Crippen LogP) is 3.24. The number of anilines is 1. The average Bonchev–Trinajstić information content (AvgIpc) is 3.46. The Morgan fingerprint density at radius 3 is 2.76 bits per heavy atom. The zero-order valence-corrected chi connectivity index (χ0v) is 18.5. The summed E-state index contributed by atoms with van der Waals surface area (Å²) in [5, 5.41) is 19.1. The van der Waals surface area contributed by atoms with Gasteiger partial charge in [0.25, 0.3) is 5.91 Å². The first-order chi connectivity index (χ1) is 16.5. The maximum Gasteiger partial charge on any atom is 0.294 e. The molecule has 0 atom stereocenters. The van der Waals surface area contributed by atoms with E-state index in [0.717, 1.165) is 12.6 Å². The van der Waals surface area contributed by atoms with Crippen LogP contribution in [0.3, 0.4) is 0 Å². The van der Waals surface area contributed by atoms with Gasteiger partial charge < -0.3 is 10.5 Å². The number of nitrogen functional groups attached to an aromatic ring is 1. The van der Waals surface area contributed by atoms with Crippen LogP contribution in [-0.2, 0) is 0 Å². The van der Waals surface area contributed by atoms with E-state index in [2.05, 4.69) is 35.8 Å². The van der Waals surface area contributed by atoms with E-state index < -0.39 is 11.7 Å². The Balaban J connectivity index is 1.67. The Hall–Kier alpha value is -4.32. The lowest BCUT2D eigenvalue weighted by atomic mass is 10.1. The molecular formula is C21H18ClFN8O3. The third-order valence-corrected chi connectivity index (χ3v) is 4.87. The van der Waals surface area contributed by atoms with Crippen molar-refractivity contribution in [2.75, 3.05) is 12.3 Å². The molecule has 0 aliphatic rings. The average molecular weight is 485 g/mol. The maximum atomic E-state index is 13.9. The molecule has 1 amide bonds. The molecule has 0 saturated heterocycles. The van der Waals surface area contributed by atoms with Crippen LogP contribution in [0.25, 0.3) is 17.1 Å². The zero-order chi connectivity index (χ0) is 24.1. The van der Waals surface area contributed by atoms with E-state index in [4.69, 9.17) is 22.1 Å². The second-order valence-corrected chi connectivity index (χ2v) is 7.29. The normalized spacial score (nSPS) is 11.1. The fourth-order valence-corrected chi connectivity index (χ4v) is 3.16. The van der Waals surface area contributed by atoms with Gasteiger partial charge >= 0.3 is 0 Å². The van der Waals surface area contributed by atoms with Crippen LogP contribution in [0, 0.1) is 5.82 Å². The number of amides is 1. The van der Waals surface area contributed by atoms with Crippen LogP contribution in [0.1, 0.15) is 29.4 Å². The van der Waals surface area contributed by atoms with Gasteiger partial charge in [-0.05, 0) is 53.1 Å². The standard InChI is InChI=1S/C21H18ClFN8O3/c1-2-10-33-13-8-6-12(7-9-13)18-17(26-30-31(18)20-19(24)28-34-29-20)21(32)27-25-11-14-15(22)4-3-5-16(14)23/h3-9,11H,2,10H2,1H3,(H2,24,28)(H,27,32). The number of hydrazone groups is 1. The summed E-state index contributed by atoms with van der Waals surface area (Å²) in [5.74, 6) is -0.643. The molecule has 0 spiro atoms. The molecule has 4 rings (SSSR count). The van der Waals surface area contributed by atoms with E-state index in [1.807, 2.05) is 6.92 Å². The van der Waals surface area contributed by atoms with Crippen molar-refractivity contribution in [3.8, 4) is 22.8 Å². The molecule has 0 radical (unpaired) electrons. The van der Waals surface area contributed by atoms with Gasteiger partial charge in [-0.2, -0.15) is 9.78 Å². The van der Waals surface area contributed by atoms with Crippen molar-refractivity contribution in [3.63, 3.8) is 0 Å². The SMILES string of the molecule is CCCOc1ccc(-c2c(C(=O)NN=Cc3c(F)cccc3Cl)nnn2-c2nonc2N)cc1. The topological polar surface area (TPSA) is 146 Å². The second kappa shape index (κ2) is 10.1. The number of hydrogen-bond acceptors (Lipinski definition) is 9. The van der Waals surface area contributed by atoms with Crippen LogP contribution in [-0.4, -0.2) is 44.0 Å². The van der Waals surface area contributed by atoms with Gasteiger partial charge in [0, 0.05) is 11.1 Å². The number of nitrogens with one attached hydrogen (secondary N) is 1. The summed E-state index contributed by atoms with van der Waals surface area (Å²) in [6.45, 7) is 2.57. The lowest BCUT2D eigenvalue weighted by Crippen LogP contribution is -2.19. The summed E-state index contributed by atoms with van der Waals surface area (Å²) in [6, 6.07) is 11.1. The Labute approximate surface area is 197 Å². The lowest BCUT2D eigenvalue weighted by molar-refractivity contribution is 0.0950. The van der Waals surface area contributed by atoms with Gasteiger partial charge in [-0.15, -0.1) is 5.10 Å².